The van der Waals surface area contributed by atoms with Crippen molar-refractivity contribution in [2.24, 2.45) is 0 Å². The Morgan fingerprint density at radius 1 is 1.17 bits per heavy atom. The maximum Gasteiger partial charge on any atom is 1.00 e. The molecule has 18 heavy (non-hydrogen) atoms. The number of carbonyl (C=O) groups is 1. The summed E-state index contributed by atoms with van der Waals surface area (Å²) in [5.74, 6) is -0.879. The molecule has 1 N–H and O–H groups in total. The SMILES string of the molecule is O=C(O)c1ccccc1.O=S([O-])S(=O)(=O)[O-].[Na+].[Na+]. The number of hydrogen-bond acceptors (Lipinski definition) is 6. The van der Waals surface area contributed by atoms with Crippen molar-refractivity contribution in [3.05, 3.63) is 35.9 Å². The van der Waals surface area contributed by atoms with Crippen LogP contribution >= 0.6 is 0 Å². The molecule has 0 radical (unpaired) electrons. The van der Waals surface area contributed by atoms with Crippen LogP contribution in [0, 0.1) is 0 Å². The summed E-state index contributed by atoms with van der Waals surface area (Å²) < 4.78 is 45.7. The molecule has 1 atom stereocenters. The first-order valence-electron chi connectivity index (χ1n) is 3.59. The van der Waals surface area contributed by atoms with Crippen molar-refractivity contribution in [3.63, 3.8) is 0 Å². The maximum atomic E-state index is 10.2. The fourth-order valence-electron chi connectivity index (χ4n) is 0.581. The van der Waals surface area contributed by atoms with Crippen LogP contribution in [0.4, 0.5) is 0 Å². The summed E-state index contributed by atoms with van der Waals surface area (Å²) in [6, 6.07) is 8.30. The van der Waals surface area contributed by atoms with Gasteiger partial charge in [-0.05, 0) is 12.1 Å². The van der Waals surface area contributed by atoms with Gasteiger partial charge in [-0.1, -0.05) is 18.2 Å². The molecule has 0 fully saturated rings. The molecule has 0 aromatic heterocycles. The van der Waals surface area contributed by atoms with Crippen molar-refractivity contribution < 1.29 is 90.7 Å². The number of hydrogen-bond donors (Lipinski definition) is 1. The van der Waals surface area contributed by atoms with Gasteiger partial charge in [-0.2, -0.15) is 0 Å². The normalized spacial score (nSPS) is 10.8. The number of aromatic carboxylic acids is 1. The minimum atomic E-state index is -5.07. The van der Waals surface area contributed by atoms with E-state index in [1.807, 2.05) is 0 Å². The van der Waals surface area contributed by atoms with Gasteiger partial charge >= 0.3 is 65.1 Å². The zero-order valence-electron chi connectivity index (χ0n) is 9.60. The molecule has 90 valence electrons. The van der Waals surface area contributed by atoms with Crippen LogP contribution < -0.4 is 59.1 Å². The Balaban J connectivity index is -0.000000232. The zero-order chi connectivity index (χ0) is 12.8. The number of carboxylic acid groups (broad SMARTS) is 1. The number of rotatable bonds is 2. The second-order valence-electron chi connectivity index (χ2n) is 2.28. The predicted octanol–water partition coefficient (Wildman–Crippen LogP) is -6.28. The smallest absolute Gasteiger partial charge is 0.761 e. The van der Waals surface area contributed by atoms with Crippen LogP contribution in [0.25, 0.3) is 0 Å². The van der Waals surface area contributed by atoms with Gasteiger partial charge in [-0.15, -0.1) is 0 Å². The molecule has 0 saturated carbocycles. The van der Waals surface area contributed by atoms with Crippen LogP contribution in [-0.4, -0.2) is 32.8 Å². The number of carboxylic acids is 1. The van der Waals surface area contributed by atoms with Crippen LogP contribution in [0.2, 0.25) is 0 Å². The van der Waals surface area contributed by atoms with E-state index in [0.29, 0.717) is 5.56 Å². The van der Waals surface area contributed by atoms with Crippen molar-refractivity contribution in [1.29, 1.82) is 0 Å². The molecule has 0 spiro atoms. The quantitative estimate of drug-likeness (QED) is 0.248. The summed E-state index contributed by atoms with van der Waals surface area (Å²) in [6.07, 6.45) is 0. The summed E-state index contributed by atoms with van der Waals surface area (Å²) >= 11 is 0. The van der Waals surface area contributed by atoms with Gasteiger partial charge in [0.05, 0.1) is 15.7 Å². The Labute approximate surface area is 150 Å². The largest absolute Gasteiger partial charge is 1.00 e. The van der Waals surface area contributed by atoms with Crippen molar-refractivity contribution in [2.45, 2.75) is 0 Å². The third-order valence-corrected chi connectivity index (χ3v) is 2.52. The average molecular weight is 312 g/mol. The van der Waals surface area contributed by atoms with Gasteiger partial charge in [0.1, 0.15) is 0 Å². The van der Waals surface area contributed by atoms with Gasteiger partial charge in [0.15, 0.2) is 9.15 Å². The minimum absolute atomic E-state index is 0. The van der Waals surface area contributed by atoms with Gasteiger partial charge in [0.2, 0.25) is 0 Å². The fraction of sp³-hybridized carbons (Fsp3) is 0. The summed E-state index contributed by atoms with van der Waals surface area (Å²) in [6.45, 7) is 0. The van der Waals surface area contributed by atoms with Gasteiger partial charge in [0.25, 0.3) is 0 Å². The van der Waals surface area contributed by atoms with Crippen LogP contribution in [0.3, 0.4) is 0 Å². The molecule has 0 amide bonds. The molecule has 0 aliphatic heterocycles. The molecular weight excluding hydrogens is 306 g/mol. The van der Waals surface area contributed by atoms with E-state index in [-0.39, 0.29) is 59.1 Å². The molecule has 0 saturated heterocycles. The topological polar surface area (TPSA) is 135 Å². The maximum absolute atomic E-state index is 10.2. The molecule has 1 unspecified atom stereocenters. The molecule has 0 aliphatic carbocycles. The van der Waals surface area contributed by atoms with E-state index < -0.39 is 25.2 Å². The summed E-state index contributed by atoms with van der Waals surface area (Å²) in [5.41, 5.74) is 0.331. The Bertz CT molecular complexity index is 474. The average Bonchev–Trinajstić information content (AvgIpc) is 2.18. The summed E-state index contributed by atoms with van der Waals surface area (Å²) in [5, 5.41) is 8.38. The van der Waals surface area contributed by atoms with E-state index in [4.69, 9.17) is 26.8 Å². The van der Waals surface area contributed by atoms with Crippen molar-refractivity contribution in [1.82, 2.24) is 0 Å². The summed E-state index contributed by atoms with van der Waals surface area (Å²) in [7, 11) is -8.59. The molecule has 7 nitrogen and oxygen atoms in total. The van der Waals surface area contributed by atoms with Crippen LogP contribution in [-0.2, 0) is 19.3 Å². The molecule has 0 bridgehead atoms. The van der Waals surface area contributed by atoms with Crippen LogP contribution in [0.1, 0.15) is 10.4 Å². The van der Waals surface area contributed by atoms with E-state index in [2.05, 4.69) is 0 Å². The van der Waals surface area contributed by atoms with Crippen molar-refractivity contribution in [3.8, 4) is 0 Å². The first-order chi connectivity index (χ1) is 7.25. The second kappa shape index (κ2) is 11.5. The first kappa shape index (κ1) is 23.8. The van der Waals surface area contributed by atoms with Gasteiger partial charge in [0, 0.05) is 0 Å². The monoisotopic (exact) mass is 312 g/mol. The van der Waals surface area contributed by atoms with Crippen molar-refractivity contribution >= 4 is 25.2 Å². The van der Waals surface area contributed by atoms with Crippen LogP contribution in [0.5, 0.6) is 0 Å². The zero-order valence-corrected chi connectivity index (χ0v) is 15.2. The van der Waals surface area contributed by atoms with Gasteiger partial charge in [-0.3, -0.25) is 4.21 Å². The Kier molecular flexibility index (Phi) is 15.2. The van der Waals surface area contributed by atoms with Gasteiger partial charge < -0.3 is 14.2 Å². The molecule has 11 heteroatoms. The molecule has 0 aliphatic rings. The Hall–Kier alpha value is 0.710. The van der Waals surface area contributed by atoms with E-state index in [1.54, 1.807) is 30.3 Å². The van der Waals surface area contributed by atoms with Crippen molar-refractivity contribution in [2.75, 3.05) is 0 Å². The number of benzene rings is 1. The van der Waals surface area contributed by atoms with E-state index in [1.165, 1.54) is 0 Å². The van der Waals surface area contributed by atoms with E-state index in [0.717, 1.165) is 0 Å². The minimum Gasteiger partial charge on any atom is -0.761 e. The standard InChI is InChI=1S/C7H6O2.2Na.H2O5S2/c8-7(9)6-4-2-1-3-5-6;;;1-6(2)7(3,4)5/h1-5H,(H,8,9);;;(H,1,2)(H,3,4,5)/q;2*+1;/p-2. The van der Waals surface area contributed by atoms with E-state index >= 15 is 0 Å². The molecule has 0 heterocycles. The Morgan fingerprint density at radius 3 is 1.67 bits per heavy atom. The molecule has 1 rings (SSSR count). The summed E-state index contributed by atoms with van der Waals surface area (Å²) in [4.78, 5) is 10.2. The van der Waals surface area contributed by atoms with Crippen LogP contribution in [0.15, 0.2) is 30.3 Å². The van der Waals surface area contributed by atoms with E-state index in [9.17, 15) is 4.79 Å². The first-order valence-corrected chi connectivity index (χ1v) is 6.59. The molecule has 1 aromatic rings. The second-order valence-corrected chi connectivity index (χ2v) is 5.55. The van der Waals surface area contributed by atoms with Gasteiger partial charge in [-0.25, -0.2) is 13.2 Å². The fourth-order valence-corrected chi connectivity index (χ4v) is 0.581. The third-order valence-electron chi connectivity index (χ3n) is 1.19. The Morgan fingerprint density at radius 2 is 1.50 bits per heavy atom. The predicted molar refractivity (Wildman–Crippen MR) is 52.0 cm³/mol. The molecule has 1 aromatic carbocycles. The molecular formula is C7H6Na2O7S2. The third kappa shape index (κ3) is 11.8.